The third kappa shape index (κ3) is 4.56. The Hall–Kier alpha value is -3.23. The molecule has 180 valence electrons. The van der Waals surface area contributed by atoms with E-state index < -0.39 is 0 Å². The van der Waals surface area contributed by atoms with Gasteiger partial charge in [0.15, 0.2) is 6.61 Å². The maximum absolute atomic E-state index is 12.8. The number of fused-ring (bicyclic) bond motifs is 4. The van der Waals surface area contributed by atoms with E-state index >= 15 is 0 Å². The number of aromatic nitrogens is 2. The summed E-state index contributed by atoms with van der Waals surface area (Å²) in [5.74, 6) is 1.41. The van der Waals surface area contributed by atoms with Gasteiger partial charge in [0, 0.05) is 31.1 Å². The molecule has 7 nitrogen and oxygen atoms in total. The van der Waals surface area contributed by atoms with Crippen molar-refractivity contribution >= 4 is 38.2 Å². The van der Waals surface area contributed by atoms with Crippen molar-refractivity contribution in [3.63, 3.8) is 0 Å². The Labute approximate surface area is 207 Å². The van der Waals surface area contributed by atoms with Crippen LogP contribution in [0.4, 0.5) is 0 Å². The number of piperazine rings is 1. The first kappa shape index (κ1) is 22.2. The minimum Gasteiger partial charge on any atom is -0.484 e. The highest BCUT2D eigenvalue weighted by atomic mass is 32.1. The van der Waals surface area contributed by atoms with Crippen molar-refractivity contribution in [2.45, 2.75) is 32.2 Å². The van der Waals surface area contributed by atoms with Crippen LogP contribution in [-0.2, 0) is 24.2 Å². The van der Waals surface area contributed by atoms with Crippen molar-refractivity contribution in [2.75, 3.05) is 32.8 Å². The van der Waals surface area contributed by atoms with E-state index in [1.54, 1.807) is 11.3 Å². The van der Waals surface area contributed by atoms with Crippen molar-refractivity contribution in [3.8, 4) is 5.75 Å². The number of benzene rings is 2. The van der Waals surface area contributed by atoms with E-state index in [-0.39, 0.29) is 18.1 Å². The summed E-state index contributed by atoms with van der Waals surface area (Å²) in [6.45, 7) is 3.38. The van der Waals surface area contributed by atoms with Crippen LogP contribution in [0.3, 0.4) is 0 Å². The van der Waals surface area contributed by atoms with E-state index in [4.69, 9.17) is 9.72 Å². The Morgan fingerprint density at radius 2 is 1.83 bits per heavy atom. The smallest absolute Gasteiger partial charge is 0.260 e. The molecular weight excluding hydrogens is 460 g/mol. The van der Waals surface area contributed by atoms with E-state index in [2.05, 4.69) is 16.0 Å². The zero-order chi connectivity index (χ0) is 23.8. The van der Waals surface area contributed by atoms with Gasteiger partial charge in [-0.25, -0.2) is 4.98 Å². The van der Waals surface area contributed by atoms with Gasteiger partial charge in [0.2, 0.25) is 0 Å². The summed E-state index contributed by atoms with van der Waals surface area (Å²) in [6, 6.07) is 14.0. The molecule has 4 aromatic rings. The first-order chi connectivity index (χ1) is 17.1. The van der Waals surface area contributed by atoms with E-state index in [1.807, 2.05) is 41.3 Å². The van der Waals surface area contributed by atoms with Crippen LogP contribution in [0.15, 0.2) is 47.3 Å². The monoisotopic (exact) mass is 488 g/mol. The molecule has 1 amide bonds. The third-order valence-electron chi connectivity index (χ3n) is 7.06. The Balaban J connectivity index is 1.04. The SMILES string of the molecule is O=C(COc1ccc2ccccc2c1)N1CCN(Cc2nc3sc4c(c3c(=O)[nH]2)CCCC4)CC1. The second-order valence-corrected chi connectivity index (χ2v) is 10.4. The van der Waals surface area contributed by atoms with Crippen molar-refractivity contribution in [1.29, 1.82) is 0 Å². The number of H-pyrrole nitrogens is 1. The Morgan fingerprint density at radius 1 is 1.03 bits per heavy atom. The molecule has 2 aliphatic rings. The molecule has 0 unspecified atom stereocenters. The van der Waals surface area contributed by atoms with Gasteiger partial charge in [-0.15, -0.1) is 11.3 Å². The molecule has 3 heterocycles. The molecule has 0 saturated carbocycles. The molecule has 6 rings (SSSR count). The Kier molecular flexibility index (Phi) is 6.00. The zero-order valence-corrected chi connectivity index (χ0v) is 20.4. The minimum atomic E-state index is -0.0101. The Morgan fingerprint density at radius 3 is 2.69 bits per heavy atom. The fraction of sp³-hybridized carbons (Fsp3) is 0.370. The van der Waals surface area contributed by atoms with Gasteiger partial charge in [-0.2, -0.15) is 0 Å². The second-order valence-electron chi connectivity index (χ2n) is 9.36. The van der Waals surface area contributed by atoms with Gasteiger partial charge < -0.3 is 14.6 Å². The van der Waals surface area contributed by atoms with Crippen LogP contribution in [0.2, 0.25) is 0 Å². The minimum absolute atomic E-state index is 0.00470. The number of hydrogen-bond donors (Lipinski definition) is 1. The molecule has 2 aromatic carbocycles. The number of thiophene rings is 1. The van der Waals surface area contributed by atoms with Gasteiger partial charge in [-0.05, 0) is 54.2 Å². The van der Waals surface area contributed by atoms with E-state index in [1.165, 1.54) is 16.9 Å². The fourth-order valence-corrected chi connectivity index (χ4v) is 6.43. The number of hydrogen-bond acceptors (Lipinski definition) is 6. The summed E-state index contributed by atoms with van der Waals surface area (Å²) in [5.41, 5.74) is 1.21. The maximum Gasteiger partial charge on any atom is 0.260 e. The van der Waals surface area contributed by atoms with Crippen LogP contribution in [0, 0.1) is 0 Å². The van der Waals surface area contributed by atoms with E-state index in [0.29, 0.717) is 31.2 Å². The van der Waals surface area contributed by atoms with Crippen LogP contribution in [0.5, 0.6) is 5.75 Å². The number of ether oxygens (including phenoxy) is 1. The van der Waals surface area contributed by atoms with Crippen molar-refractivity contribution < 1.29 is 9.53 Å². The molecule has 35 heavy (non-hydrogen) atoms. The first-order valence-electron chi connectivity index (χ1n) is 12.3. The number of aromatic amines is 1. The molecule has 1 fully saturated rings. The van der Waals surface area contributed by atoms with E-state index in [0.717, 1.165) is 53.3 Å². The second kappa shape index (κ2) is 9.43. The number of carbonyl (C=O) groups excluding carboxylic acids is 1. The highest BCUT2D eigenvalue weighted by molar-refractivity contribution is 7.18. The largest absolute Gasteiger partial charge is 0.484 e. The van der Waals surface area contributed by atoms with Crippen molar-refractivity contribution in [2.24, 2.45) is 0 Å². The lowest BCUT2D eigenvalue weighted by Crippen LogP contribution is -2.49. The van der Waals surface area contributed by atoms with Gasteiger partial charge in [0.1, 0.15) is 16.4 Å². The zero-order valence-electron chi connectivity index (χ0n) is 19.6. The molecule has 8 heteroatoms. The summed E-state index contributed by atoms with van der Waals surface area (Å²) >= 11 is 1.68. The fourth-order valence-electron chi connectivity index (χ4n) is 5.14. The standard InChI is InChI=1S/C27H28N4O3S/c32-24(17-34-20-10-9-18-5-1-2-6-19(18)15-20)31-13-11-30(12-14-31)16-23-28-26(33)25-21-7-3-4-8-22(21)35-27(25)29-23/h1-2,5-6,9-10,15H,3-4,7-8,11-14,16-17H2,(H,28,29,33). The topological polar surface area (TPSA) is 78.5 Å². The summed E-state index contributed by atoms with van der Waals surface area (Å²) in [7, 11) is 0. The molecule has 1 aliphatic heterocycles. The lowest BCUT2D eigenvalue weighted by molar-refractivity contribution is -0.135. The van der Waals surface area contributed by atoms with E-state index in [9.17, 15) is 9.59 Å². The summed E-state index contributed by atoms with van der Waals surface area (Å²) < 4.78 is 5.79. The maximum atomic E-state index is 12.8. The lowest BCUT2D eigenvalue weighted by Gasteiger charge is -2.34. The molecule has 0 atom stereocenters. The van der Waals surface area contributed by atoms with Crippen LogP contribution >= 0.6 is 11.3 Å². The first-order valence-corrected chi connectivity index (χ1v) is 13.1. The van der Waals surface area contributed by atoms with Crippen LogP contribution < -0.4 is 10.3 Å². The molecule has 0 bridgehead atoms. The predicted octanol–water partition coefficient (Wildman–Crippen LogP) is 3.74. The molecule has 1 saturated heterocycles. The quantitative estimate of drug-likeness (QED) is 0.463. The normalized spacial score (nSPS) is 16.5. The van der Waals surface area contributed by atoms with Gasteiger partial charge >= 0.3 is 0 Å². The van der Waals surface area contributed by atoms with Gasteiger partial charge in [-0.3, -0.25) is 14.5 Å². The average molecular weight is 489 g/mol. The number of rotatable bonds is 5. The number of nitrogens with zero attached hydrogens (tertiary/aromatic N) is 3. The summed E-state index contributed by atoms with van der Waals surface area (Å²) in [4.78, 5) is 39.6. The molecule has 1 N–H and O–H groups in total. The Bertz CT molecular complexity index is 1450. The predicted molar refractivity (Wildman–Crippen MR) is 138 cm³/mol. The molecule has 0 spiro atoms. The van der Waals surface area contributed by atoms with Gasteiger partial charge in [-0.1, -0.05) is 30.3 Å². The summed E-state index contributed by atoms with van der Waals surface area (Å²) in [6.07, 6.45) is 4.39. The molecular formula is C27H28N4O3S. The number of aryl methyl sites for hydroxylation is 2. The lowest BCUT2D eigenvalue weighted by atomic mass is 9.97. The average Bonchev–Trinajstić information content (AvgIpc) is 3.26. The number of amides is 1. The molecule has 2 aromatic heterocycles. The van der Waals surface area contributed by atoms with Crippen LogP contribution in [0.1, 0.15) is 29.1 Å². The van der Waals surface area contributed by atoms with Crippen molar-refractivity contribution in [3.05, 3.63) is 69.1 Å². The van der Waals surface area contributed by atoms with Crippen molar-refractivity contribution in [1.82, 2.24) is 19.8 Å². The van der Waals surface area contributed by atoms with Gasteiger partial charge in [0.25, 0.3) is 11.5 Å². The van der Waals surface area contributed by atoms with Gasteiger partial charge in [0.05, 0.1) is 11.9 Å². The molecule has 1 aliphatic carbocycles. The van der Waals surface area contributed by atoms with Crippen LogP contribution in [0.25, 0.3) is 21.0 Å². The highest BCUT2D eigenvalue weighted by Crippen LogP contribution is 2.33. The molecule has 0 radical (unpaired) electrons. The number of carbonyl (C=O) groups is 1. The summed E-state index contributed by atoms with van der Waals surface area (Å²) in [5, 5.41) is 3.05. The van der Waals surface area contributed by atoms with Crippen LogP contribution in [-0.4, -0.2) is 58.5 Å². The third-order valence-corrected chi connectivity index (χ3v) is 8.24. The number of nitrogens with one attached hydrogen (secondary N) is 1. The highest BCUT2D eigenvalue weighted by Gasteiger charge is 2.23.